The minimum absolute atomic E-state index is 0.0590. The fraction of sp³-hybridized carbons (Fsp3) is 0.538. The normalized spacial score (nSPS) is 17.9. The van der Waals surface area contributed by atoms with Gasteiger partial charge in [0.15, 0.2) is 0 Å². The molecule has 0 saturated carbocycles. The topological polar surface area (TPSA) is 84.6 Å². The van der Waals surface area contributed by atoms with Gasteiger partial charge in [0.1, 0.15) is 0 Å². The summed E-state index contributed by atoms with van der Waals surface area (Å²) in [6.45, 7) is 2.19. The first-order valence-corrected chi connectivity index (χ1v) is 7.23. The largest absolute Gasteiger partial charge is 0.388 e. The van der Waals surface area contributed by atoms with Gasteiger partial charge in [0.2, 0.25) is 0 Å². The lowest BCUT2D eigenvalue weighted by Gasteiger charge is -2.32. The van der Waals surface area contributed by atoms with Crippen LogP contribution < -0.4 is 5.32 Å². The highest BCUT2D eigenvalue weighted by Gasteiger charge is 2.29. The van der Waals surface area contributed by atoms with Crippen LogP contribution in [0.5, 0.6) is 0 Å². The van der Waals surface area contributed by atoms with Crippen molar-refractivity contribution in [3.63, 3.8) is 0 Å². The van der Waals surface area contributed by atoms with Crippen molar-refractivity contribution in [2.45, 2.75) is 25.0 Å². The van der Waals surface area contributed by atoms with Crippen LogP contribution in [0.2, 0.25) is 0 Å². The molecule has 2 N–H and O–H groups in total. The number of rotatable bonds is 5. The summed E-state index contributed by atoms with van der Waals surface area (Å²) >= 11 is 3.33. The first-order valence-electron chi connectivity index (χ1n) is 6.44. The maximum atomic E-state index is 10.7. The van der Waals surface area contributed by atoms with Gasteiger partial charge in [-0.3, -0.25) is 10.1 Å². The summed E-state index contributed by atoms with van der Waals surface area (Å²) in [5.41, 5.74) is 0.265. The van der Waals surface area contributed by atoms with Crippen molar-refractivity contribution in [1.82, 2.24) is 5.32 Å². The minimum Gasteiger partial charge on any atom is -0.388 e. The molecule has 0 spiro atoms. The summed E-state index contributed by atoms with van der Waals surface area (Å²) in [6, 6.07) is 4.67. The zero-order valence-electron chi connectivity index (χ0n) is 11.0. The number of benzene rings is 1. The summed E-state index contributed by atoms with van der Waals surface area (Å²) in [6.07, 6.45) is 1.25. The van der Waals surface area contributed by atoms with Crippen LogP contribution in [0.3, 0.4) is 0 Å². The Morgan fingerprint density at radius 2 is 2.15 bits per heavy atom. The molecule has 0 aromatic heterocycles. The zero-order chi connectivity index (χ0) is 14.6. The van der Waals surface area contributed by atoms with Gasteiger partial charge in [-0.05, 0) is 11.6 Å². The first kappa shape index (κ1) is 15.4. The average molecular weight is 345 g/mol. The van der Waals surface area contributed by atoms with E-state index in [2.05, 4.69) is 21.2 Å². The molecule has 1 heterocycles. The van der Waals surface area contributed by atoms with Crippen LogP contribution in [0.4, 0.5) is 5.69 Å². The number of non-ortho nitro benzene ring substituents is 1. The molecule has 0 radical (unpaired) electrons. The van der Waals surface area contributed by atoms with Crippen LogP contribution in [0.1, 0.15) is 18.4 Å². The van der Waals surface area contributed by atoms with Gasteiger partial charge in [-0.15, -0.1) is 0 Å². The van der Waals surface area contributed by atoms with E-state index in [4.69, 9.17) is 4.74 Å². The summed E-state index contributed by atoms with van der Waals surface area (Å²) in [5, 5.41) is 24.1. The molecule has 0 atom stereocenters. The number of halogens is 1. The predicted molar refractivity (Wildman–Crippen MR) is 77.5 cm³/mol. The molecule has 1 aromatic carbocycles. The highest BCUT2D eigenvalue weighted by atomic mass is 79.9. The molecule has 20 heavy (non-hydrogen) atoms. The Morgan fingerprint density at radius 1 is 1.45 bits per heavy atom. The Bertz CT molecular complexity index is 489. The van der Waals surface area contributed by atoms with Gasteiger partial charge in [-0.25, -0.2) is 0 Å². The van der Waals surface area contributed by atoms with E-state index in [-0.39, 0.29) is 5.69 Å². The number of hydrogen-bond donors (Lipinski definition) is 2. The lowest BCUT2D eigenvalue weighted by molar-refractivity contribution is -0.384. The number of ether oxygens (including phenoxy) is 1. The summed E-state index contributed by atoms with van der Waals surface area (Å²) in [7, 11) is 0. The van der Waals surface area contributed by atoms with Crippen LogP contribution in [-0.2, 0) is 11.3 Å². The number of aliphatic hydroxyl groups is 1. The molecule has 1 aliphatic heterocycles. The van der Waals surface area contributed by atoms with Crippen LogP contribution in [0.15, 0.2) is 22.7 Å². The van der Waals surface area contributed by atoms with E-state index in [1.807, 2.05) is 0 Å². The molecule has 6 nitrogen and oxygen atoms in total. The van der Waals surface area contributed by atoms with Crippen LogP contribution >= 0.6 is 15.9 Å². The number of nitrogens with zero attached hydrogens (tertiary/aromatic N) is 1. The quantitative estimate of drug-likeness (QED) is 0.630. The van der Waals surface area contributed by atoms with Gasteiger partial charge in [0.25, 0.3) is 5.69 Å². The second kappa shape index (κ2) is 6.62. The monoisotopic (exact) mass is 344 g/mol. The maximum Gasteiger partial charge on any atom is 0.270 e. The molecular weight excluding hydrogens is 328 g/mol. The molecule has 0 bridgehead atoms. The number of nitro benzene ring substituents is 1. The number of nitro groups is 1. The molecular formula is C13H17BrN2O4. The first-order chi connectivity index (χ1) is 9.50. The summed E-state index contributed by atoms with van der Waals surface area (Å²) in [4.78, 5) is 10.2. The van der Waals surface area contributed by atoms with E-state index in [0.29, 0.717) is 43.6 Å². The standard InChI is InChI=1S/C13H17BrN2O4/c14-12-7-11(16(18)19)2-1-10(12)8-15-9-13(17)3-5-20-6-4-13/h1-2,7,15,17H,3-6,8-9H2. The van der Waals surface area contributed by atoms with Crippen molar-refractivity contribution in [2.24, 2.45) is 0 Å². The van der Waals surface area contributed by atoms with Crippen LogP contribution in [0.25, 0.3) is 0 Å². The van der Waals surface area contributed by atoms with Crippen molar-refractivity contribution in [1.29, 1.82) is 0 Å². The lowest BCUT2D eigenvalue weighted by Crippen LogP contribution is -2.44. The second-order valence-electron chi connectivity index (χ2n) is 4.97. The highest BCUT2D eigenvalue weighted by molar-refractivity contribution is 9.10. The molecule has 2 rings (SSSR count). The van der Waals surface area contributed by atoms with Gasteiger partial charge in [0.05, 0.1) is 10.5 Å². The molecule has 1 aliphatic rings. The van der Waals surface area contributed by atoms with Crippen molar-refractivity contribution < 1.29 is 14.8 Å². The SMILES string of the molecule is O=[N+]([O-])c1ccc(CNCC2(O)CCOCC2)c(Br)c1. The predicted octanol–water partition coefficient (Wildman–Crippen LogP) is 1.99. The van der Waals surface area contributed by atoms with E-state index in [0.717, 1.165) is 5.56 Å². The molecule has 1 saturated heterocycles. The van der Waals surface area contributed by atoms with E-state index in [1.54, 1.807) is 6.07 Å². The fourth-order valence-electron chi connectivity index (χ4n) is 2.15. The molecule has 0 unspecified atom stereocenters. The average Bonchev–Trinajstić information content (AvgIpc) is 2.41. The van der Waals surface area contributed by atoms with Gasteiger partial charge in [-0.2, -0.15) is 0 Å². The van der Waals surface area contributed by atoms with Gasteiger partial charge in [-0.1, -0.05) is 15.9 Å². The molecule has 1 aromatic rings. The second-order valence-corrected chi connectivity index (χ2v) is 5.83. The molecule has 7 heteroatoms. The van der Waals surface area contributed by atoms with Crippen molar-refractivity contribution in [2.75, 3.05) is 19.8 Å². The van der Waals surface area contributed by atoms with Gasteiger partial charge >= 0.3 is 0 Å². The molecule has 0 aliphatic carbocycles. The number of nitrogens with one attached hydrogen (secondary N) is 1. The van der Waals surface area contributed by atoms with Gasteiger partial charge in [0, 0.05) is 55.8 Å². The van der Waals surface area contributed by atoms with Crippen molar-refractivity contribution >= 4 is 21.6 Å². The fourth-order valence-corrected chi connectivity index (χ4v) is 2.66. The van der Waals surface area contributed by atoms with E-state index >= 15 is 0 Å². The third-order valence-electron chi connectivity index (χ3n) is 3.44. The summed E-state index contributed by atoms with van der Waals surface area (Å²) < 4.78 is 5.92. The Labute approximate surface area is 125 Å². The Balaban J connectivity index is 1.89. The maximum absolute atomic E-state index is 10.7. The molecule has 110 valence electrons. The minimum atomic E-state index is -0.717. The zero-order valence-corrected chi connectivity index (χ0v) is 12.6. The van der Waals surface area contributed by atoms with Gasteiger partial charge < -0.3 is 15.2 Å². The lowest BCUT2D eigenvalue weighted by atomic mass is 9.94. The molecule has 0 amide bonds. The Morgan fingerprint density at radius 3 is 2.75 bits per heavy atom. The highest BCUT2D eigenvalue weighted by Crippen LogP contribution is 2.23. The van der Waals surface area contributed by atoms with E-state index in [9.17, 15) is 15.2 Å². The van der Waals surface area contributed by atoms with Crippen molar-refractivity contribution in [3.8, 4) is 0 Å². The Hall–Kier alpha value is -1.02. The smallest absolute Gasteiger partial charge is 0.270 e. The van der Waals surface area contributed by atoms with Crippen LogP contribution in [0, 0.1) is 10.1 Å². The number of hydrogen-bond acceptors (Lipinski definition) is 5. The summed E-state index contributed by atoms with van der Waals surface area (Å²) in [5.74, 6) is 0. The third kappa shape index (κ3) is 3.99. The van der Waals surface area contributed by atoms with E-state index < -0.39 is 10.5 Å². The van der Waals surface area contributed by atoms with E-state index in [1.165, 1.54) is 12.1 Å². The third-order valence-corrected chi connectivity index (χ3v) is 4.18. The Kier molecular flexibility index (Phi) is 5.09. The van der Waals surface area contributed by atoms with Crippen molar-refractivity contribution in [3.05, 3.63) is 38.3 Å². The van der Waals surface area contributed by atoms with Crippen LogP contribution in [-0.4, -0.2) is 35.4 Å². The molecule has 1 fully saturated rings.